The van der Waals surface area contributed by atoms with E-state index >= 15 is 0 Å². The van der Waals surface area contributed by atoms with Gasteiger partial charge in [-0.25, -0.2) is 4.39 Å². The van der Waals surface area contributed by atoms with Gasteiger partial charge >= 0.3 is 0 Å². The van der Waals surface area contributed by atoms with Crippen LogP contribution in [0.2, 0.25) is 0 Å². The lowest BCUT2D eigenvalue weighted by Gasteiger charge is -2.24. The first-order chi connectivity index (χ1) is 6.21. The highest BCUT2D eigenvalue weighted by Gasteiger charge is 2.29. The van der Waals surface area contributed by atoms with Crippen LogP contribution in [0.25, 0.3) is 0 Å². The van der Waals surface area contributed by atoms with E-state index in [0.717, 1.165) is 13.0 Å². The highest BCUT2D eigenvalue weighted by atomic mass is 19.1. The van der Waals surface area contributed by atoms with Gasteiger partial charge in [-0.05, 0) is 44.0 Å². The summed E-state index contributed by atoms with van der Waals surface area (Å²) in [7, 11) is 0. The Morgan fingerprint density at radius 3 is 2.54 bits per heavy atom. The molecular weight excluding hydrogens is 165 g/mol. The molecule has 1 unspecified atom stereocenters. The van der Waals surface area contributed by atoms with Crippen molar-refractivity contribution in [2.45, 2.75) is 25.3 Å². The Morgan fingerprint density at radius 2 is 2.00 bits per heavy atom. The van der Waals surface area contributed by atoms with Crippen molar-refractivity contribution in [3.63, 3.8) is 0 Å². The van der Waals surface area contributed by atoms with Crippen molar-refractivity contribution in [3.05, 3.63) is 35.6 Å². The van der Waals surface area contributed by atoms with Gasteiger partial charge in [0.2, 0.25) is 0 Å². The first-order valence-electron chi connectivity index (χ1n) is 4.72. The molecule has 0 spiro atoms. The van der Waals surface area contributed by atoms with Crippen molar-refractivity contribution in [2.75, 3.05) is 6.54 Å². The lowest BCUT2D eigenvalue weighted by Crippen LogP contribution is -2.32. The molecule has 1 nitrogen and oxygen atoms in total. The molecule has 1 atom stereocenters. The number of halogens is 1. The second-order valence-electron chi connectivity index (χ2n) is 3.87. The Kier molecular flexibility index (Phi) is 2.08. The predicted molar refractivity (Wildman–Crippen MR) is 51.0 cm³/mol. The maximum absolute atomic E-state index is 12.7. The van der Waals surface area contributed by atoms with E-state index in [1.807, 2.05) is 12.1 Å². The molecule has 0 bridgehead atoms. The van der Waals surface area contributed by atoms with Crippen LogP contribution in [0.15, 0.2) is 24.3 Å². The van der Waals surface area contributed by atoms with Crippen molar-refractivity contribution in [1.82, 2.24) is 5.32 Å². The van der Waals surface area contributed by atoms with Crippen LogP contribution in [0.1, 0.15) is 25.3 Å². The number of rotatable bonds is 1. The molecule has 0 aromatic heterocycles. The number of hydrogen-bond acceptors (Lipinski definition) is 1. The fourth-order valence-corrected chi connectivity index (χ4v) is 1.96. The lowest BCUT2D eigenvalue weighted by molar-refractivity contribution is 0.434. The molecule has 1 saturated heterocycles. The molecule has 0 amide bonds. The quantitative estimate of drug-likeness (QED) is 0.698. The number of nitrogens with one attached hydrogen (secondary N) is 1. The van der Waals surface area contributed by atoms with E-state index in [9.17, 15) is 4.39 Å². The van der Waals surface area contributed by atoms with Gasteiger partial charge in [0.1, 0.15) is 5.82 Å². The van der Waals surface area contributed by atoms with Crippen molar-refractivity contribution < 1.29 is 4.39 Å². The fraction of sp³-hybridized carbons (Fsp3) is 0.455. The molecule has 1 aliphatic heterocycles. The number of benzene rings is 1. The largest absolute Gasteiger partial charge is 0.308 e. The lowest BCUT2D eigenvalue weighted by atomic mass is 9.91. The summed E-state index contributed by atoms with van der Waals surface area (Å²) in [5, 5.41) is 3.45. The van der Waals surface area contributed by atoms with Crippen LogP contribution in [-0.4, -0.2) is 6.54 Å². The molecule has 0 aliphatic carbocycles. The average Bonchev–Trinajstić information content (AvgIpc) is 2.54. The molecule has 70 valence electrons. The zero-order valence-corrected chi connectivity index (χ0v) is 7.81. The van der Waals surface area contributed by atoms with Gasteiger partial charge in [0.15, 0.2) is 0 Å². The molecule has 1 aromatic rings. The maximum atomic E-state index is 12.7. The van der Waals surface area contributed by atoms with E-state index < -0.39 is 0 Å². The molecule has 1 fully saturated rings. The van der Waals surface area contributed by atoms with Gasteiger partial charge in [-0.2, -0.15) is 0 Å². The van der Waals surface area contributed by atoms with Crippen LogP contribution in [0, 0.1) is 5.82 Å². The van der Waals surface area contributed by atoms with Crippen molar-refractivity contribution in [2.24, 2.45) is 0 Å². The molecule has 2 rings (SSSR count). The van der Waals surface area contributed by atoms with Crippen LogP contribution in [0.5, 0.6) is 0 Å². The standard InChI is InChI=1S/C11H14FN/c1-11(7-2-8-13-11)9-3-5-10(12)6-4-9/h3-6,13H,2,7-8H2,1H3. The van der Waals surface area contributed by atoms with Crippen LogP contribution in [-0.2, 0) is 5.54 Å². The normalized spacial score (nSPS) is 27.8. The van der Waals surface area contributed by atoms with Gasteiger partial charge in [0, 0.05) is 5.54 Å². The smallest absolute Gasteiger partial charge is 0.123 e. The third-order valence-electron chi connectivity index (χ3n) is 2.85. The molecule has 0 saturated carbocycles. The molecule has 1 heterocycles. The topological polar surface area (TPSA) is 12.0 Å². The van der Waals surface area contributed by atoms with E-state index in [0.29, 0.717) is 0 Å². The van der Waals surface area contributed by atoms with Gasteiger partial charge < -0.3 is 5.32 Å². The third kappa shape index (κ3) is 1.59. The molecule has 2 heteroatoms. The first kappa shape index (κ1) is 8.70. The summed E-state index contributed by atoms with van der Waals surface area (Å²) in [6.07, 6.45) is 2.34. The van der Waals surface area contributed by atoms with Crippen molar-refractivity contribution >= 4 is 0 Å². The number of hydrogen-bond donors (Lipinski definition) is 1. The SMILES string of the molecule is CC1(c2ccc(F)cc2)CCCN1. The van der Waals surface area contributed by atoms with Crippen LogP contribution in [0.4, 0.5) is 4.39 Å². The fourth-order valence-electron chi connectivity index (χ4n) is 1.96. The van der Waals surface area contributed by atoms with Crippen LogP contribution in [0.3, 0.4) is 0 Å². The van der Waals surface area contributed by atoms with E-state index in [4.69, 9.17) is 0 Å². The van der Waals surface area contributed by atoms with Gasteiger partial charge in [0.25, 0.3) is 0 Å². The highest BCUT2D eigenvalue weighted by Crippen LogP contribution is 2.29. The van der Waals surface area contributed by atoms with E-state index in [2.05, 4.69) is 12.2 Å². The second kappa shape index (κ2) is 3.11. The van der Waals surface area contributed by atoms with E-state index in [1.54, 1.807) is 0 Å². The van der Waals surface area contributed by atoms with Gasteiger partial charge in [-0.3, -0.25) is 0 Å². The van der Waals surface area contributed by atoms with Crippen LogP contribution < -0.4 is 5.32 Å². The monoisotopic (exact) mass is 179 g/mol. The molecule has 13 heavy (non-hydrogen) atoms. The Labute approximate surface area is 78.0 Å². The van der Waals surface area contributed by atoms with Crippen molar-refractivity contribution in [1.29, 1.82) is 0 Å². The Hall–Kier alpha value is -0.890. The molecule has 1 N–H and O–H groups in total. The van der Waals surface area contributed by atoms with Crippen molar-refractivity contribution in [3.8, 4) is 0 Å². The molecule has 1 aliphatic rings. The summed E-state index contributed by atoms with van der Waals surface area (Å²) in [4.78, 5) is 0. The van der Waals surface area contributed by atoms with E-state index in [1.165, 1.54) is 24.1 Å². The Bertz CT molecular complexity index is 285. The Morgan fingerprint density at radius 1 is 1.31 bits per heavy atom. The molecule has 1 aromatic carbocycles. The first-order valence-corrected chi connectivity index (χ1v) is 4.72. The van der Waals surface area contributed by atoms with Gasteiger partial charge in [0.05, 0.1) is 0 Å². The highest BCUT2D eigenvalue weighted by molar-refractivity contribution is 5.25. The average molecular weight is 179 g/mol. The van der Waals surface area contributed by atoms with Crippen LogP contribution >= 0.6 is 0 Å². The Balaban J connectivity index is 2.29. The second-order valence-corrected chi connectivity index (χ2v) is 3.87. The summed E-state index contributed by atoms with van der Waals surface area (Å²) in [6.45, 7) is 3.24. The third-order valence-corrected chi connectivity index (χ3v) is 2.85. The summed E-state index contributed by atoms with van der Waals surface area (Å²) < 4.78 is 12.7. The zero-order valence-electron chi connectivity index (χ0n) is 7.81. The zero-order chi connectivity index (χ0) is 9.31. The van der Waals surface area contributed by atoms with Gasteiger partial charge in [-0.15, -0.1) is 0 Å². The predicted octanol–water partition coefficient (Wildman–Crippen LogP) is 2.42. The summed E-state index contributed by atoms with van der Waals surface area (Å²) in [6, 6.07) is 6.79. The summed E-state index contributed by atoms with van der Waals surface area (Å²) in [5.74, 6) is -0.162. The minimum atomic E-state index is -0.162. The van der Waals surface area contributed by atoms with Gasteiger partial charge in [-0.1, -0.05) is 12.1 Å². The maximum Gasteiger partial charge on any atom is 0.123 e. The minimum Gasteiger partial charge on any atom is -0.308 e. The molecular formula is C11H14FN. The van der Waals surface area contributed by atoms with E-state index in [-0.39, 0.29) is 11.4 Å². The summed E-state index contributed by atoms with van der Waals surface area (Å²) >= 11 is 0. The molecule has 0 radical (unpaired) electrons. The summed E-state index contributed by atoms with van der Waals surface area (Å²) in [5.41, 5.74) is 1.25. The minimum absolute atomic E-state index is 0.0632.